The van der Waals surface area contributed by atoms with Gasteiger partial charge in [0.25, 0.3) is 0 Å². The van der Waals surface area contributed by atoms with E-state index in [0.717, 1.165) is 33.4 Å². The lowest BCUT2D eigenvalue weighted by atomic mass is 9.91. The van der Waals surface area contributed by atoms with Gasteiger partial charge in [0.15, 0.2) is 17.5 Å². The molecule has 0 bridgehead atoms. The first-order chi connectivity index (χ1) is 23.3. The molecule has 0 aliphatic carbocycles. The summed E-state index contributed by atoms with van der Waals surface area (Å²) in [6.07, 6.45) is 0. The molecule has 4 heteroatoms. The molecule has 0 radical (unpaired) electrons. The maximum Gasteiger partial charge on any atom is 0.166 e. The molecule has 0 spiro atoms. The van der Waals surface area contributed by atoms with Crippen LogP contribution in [0.2, 0.25) is 0 Å². The molecule has 0 aliphatic rings. The first kappa shape index (κ1) is 25.9. The molecule has 0 fully saturated rings. The third-order valence-corrected chi connectivity index (χ3v) is 9.39. The van der Waals surface area contributed by atoms with Gasteiger partial charge >= 0.3 is 0 Å². The standard InChI is InChI=1S/C43H26N4/c1-3-14-28(15-4-1)41-44-42(29-16-5-2-6-17-29)46-43(45-41)33-19-9-10-22-35(33)47-36-23-11-20-31-32-26-25-27-13-7-8-18-30(27)38(32)34-21-12-24-37(47)40(34)39(31)36/h1-26H. The van der Waals surface area contributed by atoms with Gasteiger partial charge in [-0.15, -0.1) is 0 Å². The Morgan fingerprint density at radius 3 is 1.60 bits per heavy atom. The molecule has 0 amide bonds. The van der Waals surface area contributed by atoms with Gasteiger partial charge in [0.1, 0.15) is 0 Å². The highest BCUT2D eigenvalue weighted by molar-refractivity contribution is 6.38. The second-order valence-electron chi connectivity index (χ2n) is 12.0. The van der Waals surface area contributed by atoms with E-state index in [1.165, 1.54) is 43.1 Å². The molecular weight excluding hydrogens is 573 g/mol. The van der Waals surface area contributed by atoms with Gasteiger partial charge in [-0.1, -0.05) is 133 Å². The first-order valence-electron chi connectivity index (χ1n) is 15.9. The molecule has 0 aliphatic heterocycles. The lowest BCUT2D eigenvalue weighted by Crippen LogP contribution is -2.03. The van der Waals surface area contributed by atoms with E-state index in [9.17, 15) is 0 Å². The number of hydrogen-bond donors (Lipinski definition) is 0. The Kier molecular flexibility index (Phi) is 5.54. The van der Waals surface area contributed by atoms with Crippen LogP contribution in [-0.4, -0.2) is 19.5 Å². The number of para-hydroxylation sites is 1. The van der Waals surface area contributed by atoms with E-state index in [1.807, 2.05) is 60.7 Å². The van der Waals surface area contributed by atoms with Crippen LogP contribution < -0.4 is 0 Å². The van der Waals surface area contributed by atoms with Crippen molar-refractivity contribution < 1.29 is 0 Å². The zero-order valence-electron chi connectivity index (χ0n) is 25.3. The summed E-state index contributed by atoms with van der Waals surface area (Å²) in [6, 6.07) is 55.4. The van der Waals surface area contributed by atoms with Crippen LogP contribution in [0.4, 0.5) is 0 Å². The maximum absolute atomic E-state index is 5.11. The van der Waals surface area contributed by atoms with E-state index < -0.39 is 0 Å². The number of nitrogens with zero attached hydrogens (tertiary/aromatic N) is 4. The van der Waals surface area contributed by atoms with Gasteiger partial charge < -0.3 is 4.57 Å². The zero-order valence-corrected chi connectivity index (χ0v) is 25.3. The summed E-state index contributed by atoms with van der Waals surface area (Å²) >= 11 is 0. The predicted octanol–water partition coefficient (Wildman–Crippen LogP) is 10.9. The molecule has 47 heavy (non-hydrogen) atoms. The smallest absolute Gasteiger partial charge is 0.166 e. The fraction of sp³-hybridized carbons (Fsp3) is 0. The zero-order chi connectivity index (χ0) is 30.9. The van der Waals surface area contributed by atoms with Crippen molar-refractivity contribution in [3.8, 4) is 39.9 Å². The van der Waals surface area contributed by atoms with Crippen LogP contribution in [0.5, 0.6) is 0 Å². The van der Waals surface area contributed by atoms with E-state index in [0.29, 0.717) is 17.5 Å². The third-order valence-electron chi connectivity index (χ3n) is 9.39. The quantitative estimate of drug-likeness (QED) is 0.189. The highest BCUT2D eigenvalue weighted by atomic mass is 15.1. The normalized spacial score (nSPS) is 11.8. The molecule has 0 N–H and O–H groups in total. The van der Waals surface area contributed by atoms with Crippen LogP contribution >= 0.6 is 0 Å². The molecule has 4 nitrogen and oxygen atoms in total. The molecule has 0 saturated carbocycles. The molecule has 2 heterocycles. The minimum Gasteiger partial charge on any atom is -0.308 e. The second kappa shape index (κ2) is 10.1. The van der Waals surface area contributed by atoms with Crippen molar-refractivity contribution in [3.05, 3.63) is 158 Å². The number of benzene rings is 8. The van der Waals surface area contributed by atoms with Crippen molar-refractivity contribution >= 4 is 54.1 Å². The summed E-state index contributed by atoms with van der Waals surface area (Å²) in [4.78, 5) is 15.2. The summed E-state index contributed by atoms with van der Waals surface area (Å²) < 4.78 is 2.40. The van der Waals surface area contributed by atoms with Gasteiger partial charge in [0.05, 0.1) is 16.7 Å². The van der Waals surface area contributed by atoms with Crippen LogP contribution in [-0.2, 0) is 0 Å². The molecular formula is C43H26N4. The van der Waals surface area contributed by atoms with Crippen LogP contribution in [0, 0.1) is 0 Å². The summed E-state index contributed by atoms with van der Waals surface area (Å²) in [5, 5.41) is 10.2. The molecule has 10 rings (SSSR count). The summed E-state index contributed by atoms with van der Waals surface area (Å²) in [5.74, 6) is 1.94. The van der Waals surface area contributed by atoms with Gasteiger partial charge in [0, 0.05) is 27.5 Å². The average molecular weight is 599 g/mol. The summed E-state index contributed by atoms with van der Waals surface area (Å²) in [6.45, 7) is 0. The van der Waals surface area contributed by atoms with E-state index in [4.69, 9.17) is 15.0 Å². The molecule has 0 atom stereocenters. The molecule has 0 unspecified atom stereocenters. The van der Waals surface area contributed by atoms with Gasteiger partial charge in [-0.05, 0) is 56.6 Å². The lowest BCUT2D eigenvalue weighted by Gasteiger charge is -2.14. The maximum atomic E-state index is 5.11. The van der Waals surface area contributed by atoms with Gasteiger partial charge in [0.2, 0.25) is 0 Å². The lowest BCUT2D eigenvalue weighted by molar-refractivity contribution is 1.06. The molecule has 0 saturated heterocycles. The van der Waals surface area contributed by atoms with Crippen LogP contribution in [0.1, 0.15) is 0 Å². The summed E-state index contributed by atoms with van der Waals surface area (Å²) in [7, 11) is 0. The fourth-order valence-corrected chi connectivity index (χ4v) is 7.37. The van der Waals surface area contributed by atoms with E-state index in [-0.39, 0.29) is 0 Å². The Morgan fingerprint density at radius 1 is 0.340 bits per heavy atom. The number of fused-ring (bicyclic) bond motifs is 5. The largest absolute Gasteiger partial charge is 0.308 e. The van der Waals surface area contributed by atoms with Crippen molar-refractivity contribution in [2.24, 2.45) is 0 Å². The molecule has 2 aromatic heterocycles. The third kappa shape index (κ3) is 3.85. The van der Waals surface area contributed by atoms with Gasteiger partial charge in [-0.2, -0.15) is 0 Å². The van der Waals surface area contributed by atoms with E-state index >= 15 is 0 Å². The summed E-state index contributed by atoms with van der Waals surface area (Å²) in [5.41, 5.74) is 6.21. The van der Waals surface area contributed by atoms with Gasteiger partial charge in [-0.3, -0.25) is 0 Å². The average Bonchev–Trinajstić information content (AvgIpc) is 3.50. The van der Waals surface area contributed by atoms with Crippen LogP contribution in [0.25, 0.3) is 94.0 Å². The minimum atomic E-state index is 0.639. The SMILES string of the molecule is c1ccc(-c2nc(-c3ccccc3)nc(-c3ccccc3-n3c4cccc5c6ccc7ccccc7c6c6cccc3c6c54)n2)cc1. The Morgan fingerprint density at radius 2 is 0.872 bits per heavy atom. The first-order valence-corrected chi connectivity index (χ1v) is 15.9. The van der Waals surface area contributed by atoms with Crippen molar-refractivity contribution in [2.45, 2.75) is 0 Å². The van der Waals surface area contributed by atoms with Crippen molar-refractivity contribution in [3.63, 3.8) is 0 Å². The van der Waals surface area contributed by atoms with Crippen molar-refractivity contribution in [1.82, 2.24) is 19.5 Å². The Hall–Kier alpha value is -6.39. The highest BCUT2D eigenvalue weighted by Gasteiger charge is 2.23. The Balaban J connectivity index is 1.30. The molecule has 8 aromatic carbocycles. The highest BCUT2D eigenvalue weighted by Crippen LogP contribution is 2.46. The van der Waals surface area contributed by atoms with E-state index in [1.54, 1.807) is 0 Å². The Labute approximate surface area is 270 Å². The van der Waals surface area contributed by atoms with Gasteiger partial charge in [-0.25, -0.2) is 15.0 Å². The molecule has 10 aromatic rings. The number of aromatic nitrogens is 4. The van der Waals surface area contributed by atoms with Crippen LogP contribution in [0.3, 0.4) is 0 Å². The number of hydrogen-bond acceptors (Lipinski definition) is 3. The Bertz CT molecular complexity index is 2720. The van der Waals surface area contributed by atoms with Crippen molar-refractivity contribution in [2.75, 3.05) is 0 Å². The van der Waals surface area contributed by atoms with Crippen molar-refractivity contribution in [1.29, 1.82) is 0 Å². The minimum absolute atomic E-state index is 0.639. The van der Waals surface area contributed by atoms with E-state index in [2.05, 4.69) is 102 Å². The predicted molar refractivity (Wildman–Crippen MR) is 194 cm³/mol. The van der Waals surface area contributed by atoms with Crippen LogP contribution in [0.15, 0.2) is 158 Å². The fourth-order valence-electron chi connectivity index (χ4n) is 7.37. The molecule has 218 valence electrons. The topological polar surface area (TPSA) is 43.6 Å². The monoisotopic (exact) mass is 598 g/mol. The second-order valence-corrected chi connectivity index (χ2v) is 12.0. The number of rotatable bonds is 4.